The molecular formula is C17H27N3O. The number of nitrogens with zero attached hydrogens (tertiary/aromatic N) is 2. The van der Waals surface area contributed by atoms with Crippen molar-refractivity contribution < 1.29 is 5.21 Å². The van der Waals surface area contributed by atoms with Crippen LogP contribution in [-0.4, -0.2) is 35.1 Å². The van der Waals surface area contributed by atoms with E-state index < -0.39 is 0 Å². The lowest BCUT2D eigenvalue weighted by Gasteiger charge is -2.32. The summed E-state index contributed by atoms with van der Waals surface area (Å²) in [6.45, 7) is 4.20. The van der Waals surface area contributed by atoms with Crippen LogP contribution >= 0.6 is 0 Å². The number of oxime groups is 1. The van der Waals surface area contributed by atoms with Crippen LogP contribution in [0.3, 0.4) is 0 Å². The van der Waals surface area contributed by atoms with Crippen LogP contribution in [0, 0.1) is 0 Å². The van der Waals surface area contributed by atoms with Crippen LogP contribution < -0.4 is 5.73 Å². The number of rotatable bonds is 5. The predicted octanol–water partition coefficient (Wildman–Crippen LogP) is 3.17. The van der Waals surface area contributed by atoms with Crippen LogP contribution in [0.15, 0.2) is 35.5 Å². The van der Waals surface area contributed by atoms with Crippen molar-refractivity contribution in [2.75, 3.05) is 13.1 Å². The van der Waals surface area contributed by atoms with Gasteiger partial charge in [0.25, 0.3) is 0 Å². The molecule has 0 aromatic heterocycles. The van der Waals surface area contributed by atoms with E-state index >= 15 is 0 Å². The highest BCUT2D eigenvalue weighted by atomic mass is 16.4. The molecule has 21 heavy (non-hydrogen) atoms. The van der Waals surface area contributed by atoms with Crippen molar-refractivity contribution in [3.8, 4) is 0 Å². The maximum Gasteiger partial charge on any atom is 0.147 e. The minimum absolute atomic E-state index is 0.0386. The Morgan fingerprint density at radius 2 is 2.10 bits per heavy atom. The van der Waals surface area contributed by atoms with Crippen molar-refractivity contribution in [2.45, 2.75) is 51.0 Å². The maximum absolute atomic E-state index is 9.12. The van der Waals surface area contributed by atoms with Crippen LogP contribution in [0.1, 0.15) is 50.5 Å². The maximum atomic E-state index is 9.12. The zero-order valence-corrected chi connectivity index (χ0v) is 12.9. The van der Waals surface area contributed by atoms with Crippen molar-refractivity contribution in [3.05, 3.63) is 35.9 Å². The van der Waals surface area contributed by atoms with E-state index in [1.807, 2.05) is 18.2 Å². The number of hydrogen-bond donors (Lipinski definition) is 2. The highest BCUT2D eigenvalue weighted by Gasteiger charge is 2.25. The molecular weight excluding hydrogens is 262 g/mol. The Morgan fingerprint density at radius 1 is 1.33 bits per heavy atom. The molecule has 0 aliphatic carbocycles. The average Bonchev–Trinajstić information content (AvgIpc) is 2.77. The summed E-state index contributed by atoms with van der Waals surface area (Å²) >= 11 is 0. The molecule has 0 radical (unpaired) electrons. The molecule has 1 fully saturated rings. The monoisotopic (exact) mass is 289 g/mol. The van der Waals surface area contributed by atoms with Gasteiger partial charge in [-0.1, -0.05) is 55.3 Å². The van der Waals surface area contributed by atoms with Gasteiger partial charge in [0.05, 0.1) is 5.92 Å². The first-order valence-corrected chi connectivity index (χ1v) is 8.02. The molecule has 1 aliphatic rings. The Bertz CT molecular complexity index is 447. The average molecular weight is 289 g/mol. The summed E-state index contributed by atoms with van der Waals surface area (Å²) in [6.07, 6.45) is 6.29. The van der Waals surface area contributed by atoms with E-state index in [1.54, 1.807) is 0 Å². The van der Waals surface area contributed by atoms with Gasteiger partial charge in [-0.15, -0.1) is 0 Å². The van der Waals surface area contributed by atoms with E-state index in [2.05, 4.69) is 29.1 Å². The van der Waals surface area contributed by atoms with Gasteiger partial charge in [0, 0.05) is 12.6 Å². The van der Waals surface area contributed by atoms with E-state index in [-0.39, 0.29) is 5.92 Å². The third-order valence-electron chi connectivity index (χ3n) is 4.56. The molecule has 3 N–H and O–H groups in total. The zero-order chi connectivity index (χ0) is 15.1. The third kappa shape index (κ3) is 4.21. The molecule has 0 amide bonds. The first-order chi connectivity index (χ1) is 10.3. The number of amidine groups is 1. The molecule has 4 heteroatoms. The Balaban J connectivity index is 2.17. The van der Waals surface area contributed by atoms with E-state index in [4.69, 9.17) is 10.9 Å². The third-order valence-corrected chi connectivity index (χ3v) is 4.56. The van der Waals surface area contributed by atoms with E-state index in [1.165, 1.54) is 25.7 Å². The van der Waals surface area contributed by atoms with Crippen molar-refractivity contribution in [3.63, 3.8) is 0 Å². The van der Waals surface area contributed by atoms with Gasteiger partial charge in [-0.3, -0.25) is 4.90 Å². The number of hydrogen-bond acceptors (Lipinski definition) is 3. The van der Waals surface area contributed by atoms with Gasteiger partial charge in [0.1, 0.15) is 5.84 Å². The molecule has 2 unspecified atom stereocenters. The van der Waals surface area contributed by atoms with Gasteiger partial charge in [0.15, 0.2) is 0 Å². The molecule has 1 heterocycles. The summed E-state index contributed by atoms with van der Waals surface area (Å²) in [4.78, 5) is 2.53. The zero-order valence-electron chi connectivity index (χ0n) is 12.9. The van der Waals surface area contributed by atoms with Crippen LogP contribution in [-0.2, 0) is 0 Å². The molecule has 0 spiro atoms. The molecule has 2 rings (SSSR count). The van der Waals surface area contributed by atoms with Gasteiger partial charge < -0.3 is 10.9 Å². The van der Waals surface area contributed by atoms with Gasteiger partial charge in [0.2, 0.25) is 0 Å². The fraction of sp³-hybridized carbons (Fsp3) is 0.588. The highest BCUT2D eigenvalue weighted by molar-refractivity contribution is 5.87. The minimum Gasteiger partial charge on any atom is -0.409 e. The second-order valence-electron chi connectivity index (χ2n) is 5.89. The summed E-state index contributed by atoms with van der Waals surface area (Å²) in [5, 5.41) is 12.4. The lowest BCUT2D eigenvalue weighted by atomic mass is 9.96. The standard InChI is InChI=1S/C17H27N3O/c1-2-15-11-7-4-8-12-20(15)13-16(17(18)19-21)14-9-5-3-6-10-14/h3,5-6,9-10,15-16,21H,2,4,7-8,11-13H2,1H3,(H2,18,19). The molecule has 1 aliphatic heterocycles. The normalized spacial score (nSPS) is 22.7. The van der Waals surface area contributed by atoms with Crippen LogP contribution in [0.4, 0.5) is 0 Å². The molecule has 116 valence electrons. The Kier molecular flexibility index (Phi) is 6.05. The van der Waals surface area contributed by atoms with Gasteiger partial charge >= 0.3 is 0 Å². The SMILES string of the molecule is CCC1CCCCCN1CC(/C(N)=N/O)c1ccccc1. The quantitative estimate of drug-likeness (QED) is 0.379. The molecule has 0 saturated carbocycles. The summed E-state index contributed by atoms with van der Waals surface area (Å²) in [7, 11) is 0. The van der Waals surface area contributed by atoms with Gasteiger partial charge in [-0.2, -0.15) is 0 Å². The van der Waals surface area contributed by atoms with Gasteiger partial charge in [-0.25, -0.2) is 0 Å². The van der Waals surface area contributed by atoms with Gasteiger partial charge in [-0.05, 0) is 31.4 Å². The Morgan fingerprint density at radius 3 is 2.76 bits per heavy atom. The molecule has 4 nitrogen and oxygen atoms in total. The summed E-state index contributed by atoms with van der Waals surface area (Å²) < 4.78 is 0. The molecule has 2 atom stereocenters. The Labute approximate surface area is 127 Å². The lowest BCUT2D eigenvalue weighted by molar-refractivity contribution is 0.191. The summed E-state index contributed by atoms with van der Waals surface area (Å²) in [5.74, 6) is 0.267. The molecule has 1 aromatic rings. The summed E-state index contributed by atoms with van der Waals surface area (Å²) in [6, 6.07) is 10.7. The first kappa shape index (κ1) is 15.8. The summed E-state index contributed by atoms with van der Waals surface area (Å²) in [5.41, 5.74) is 7.08. The highest BCUT2D eigenvalue weighted by Crippen LogP contribution is 2.24. The van der Waals surface area contributed by atoms with Crippen LogP contribution in [0.5, 0.6) is 0 Å². The largest absolute Gasteiger partial charge is 0.409 e. The predicted molar refractivity (Wildman–Crippen MR) is 86.7 cm³/mol. The molecule has 0 bridgehead atoms. The van der Waals surface area contributed by atoms with E-state index in [0.29, 0.717) is 11.9 Å². The molecule has 1 aromatic carbocycles. The fourth-order valence-corrected chi connectivity index (χ4v) is 3.30. The number of likely N-dealkylation sites (tertiary alicyclic amines) is 1. The van der Waals surface area contributed by atoms with Crippen LogP contribution in [0.25, 0.3) is 0 Å². The fourth-order valence-electron chi connectivity index (χ4n) is 3.30. The second kappa shape index (κ2) is 8.03. The Hall–Kier alpha value is -1.55. The number of benzene rings is 1. The minimum atomic E-state index is -0.0386. The smallest absolute Gasteiger partial charge is 0.147 e. The van der Waals surface area contributed by atoms with Crippen molar-refractivity contribution in [1.29, 1.82) is 0 Å². The van der Waals surface area contributed by atoms with Crippen molar-refractivity contribution in [2.24, 2.45) is 10.9 Å². The topological polar surface area (TPSA) is 61.8 Å². The van der Waals surface area contributed by atoms with E-state index in [0.717, 1.165) is 25.1 Å². The lowest BCUT2D eigenvalue weighted by Crippen LogP contribution is -2.40. The first-order valence-electron chi connectivity index (χ1n) is 8.02. The number of nitrogens with two attached hydrogens (primary N) is 1. The molecule has 1 saturated heterocycles. The van der Waals surface area contributed by atoms with E-state index in [9.17, 15) is 0 Å². The van der Waals surface area contributed by atoms with Crippen molar-refractivity contribution >= 4 is 5.84 Å². The second-order valence-corrected chi connectivity index (χ2v) is 5.89. The van der Waals surface area contributed by atoms with Crippen LogP contribution in [0.2, 0.25) is 0 Å². The van der Waals surface area contributed by atoms with Crippen molar-refractivity contribution in [1.82, 2.24) is 4.90 Å².